The fourth-order valence-corrected chi connectivity index (χ4v) is 2.20. The summed E-state index contributed by atoms with van der Waals surface area (Å²) >= 11 is 0. The molecule has 0 bridgehead atoms. The molecule has 1 atom stereocenters. The molecular weight excluding hydrogens is 243 g/mol. The molecule has 4 heteroatoms. The van der Waals surface area contributed by atoms with Gasteiger partial charge in [-0.15, -0.1) is 0 Å². The molecule has 1 unspecified atom stereocenters. The van der Waals surface area contributed by atoms with Gasteiger partial charge in [0, 0.05) is 16.9 Å². The molecule has 3 nitrogen and oxygen atoms in total. The van der Waals surface area contributed by atoms with E-state index in [1.54, 1.807) is 19.1 Å². The van der Waals surface area contributed by atoms with E-state index in [2.05, 4.69) is 10.6 Å². The van der Waals surface area contributed by atoms with Gasteiger partial charge >= 0.3 is 0 Å². The molecule has 2 N–H and O–H groups in total. The average molecular weight is 256 g/mol. The number of carbonyl (C=O) groups is 1. The van der Waals surface area contributed by atoms with Crippen molar-refractivity contribution in [1.82, 2.24) is 0 Å². The van der Waals surface area contributed by atoms with E-state index in [9.17, 15) is 9.18 Å². The molecule has 96 valence electrons. The number of hydrogen-bond donors (Lipinski definition) is 2. The van der Waals surface area contributed by atoms with E-state index >= 15 is 0 Å². The zero-order valence-corrected chi connectivity index (χ0v) is 10.4. The Kier molecular flexibility index (Phi) is 2.71. The van der Waals surface area contributed by atoms with Crippen LogP contribution >= 0.6 is 0 Å². The molecule has 1 aliphatic heterocycles. The second kappa shape index (κ2) is 4.39. The number of rotatable bonds is 2. The van der Waals surface area contributed by atoms with Gasteiger partial charge in [0.25, 0.3) is 5.91 Å². The molecule has 19 heavy (non-hydrogen) atoms. The standard InChI is InChI=1S/C15H13FN2O/c1-9-6-7-10(8-12(9)16)17-14-11-4-2-3-5-13(11)18-15(14)19/h2-8,14,17H,1H3,(H,18,19). The maximum absolute atomic E-state index is 13.5. The molecular formula is C15H13FN2O. The Morgan fingerprint density at radius 3 is 2.79 bits per heavy atom. The minimum atomic E-state index is -0.474. The third-order valence-electron chi connectivity index (χ3n) is 3.27. The van der Waals surface area contributed by atoms with Crippen LogP contribution in [0, 0.1) is 12.7 Å². The largest absolute Gasteiger partial charge is 0.370 e. The Hall–Kier alpha value is -2.36. The third-order valence-corrected chi connectivity index (χ3v) is 3.27. The highest BCUT2D eigenvalue weighted by atomic mass is 19.1. The SMILES string of the molecule is Cc1ccc(NC2C(=O)Nc3ccccc32)cc1F. The number of nitrogens with one attached hydrogen (secondary N) is 2. The van der Waals surface area contributed by atoms with E-state index in [0.29, 0.717) is 11.3 Å². The summed E-state index contributed by atoms with van der Waals surface area (Å²) in [6.45, 7) is 1.71. The fraction of sp³-hybridized carbons (Fsp3) is 0.133. The summed E-state index contributed by atoms with van der Waals surface area (Å²) in [4.78, 5) is 11.9. The molecule has 0 radical (unpaired) electrons. The highest BCUT2D eigenvalue weighted by Gasteiger charge is 2.29. The van der Waals surface area contributed by atoms with Gasteiger partial charge in [-0.05, 0) is 30.7 Å². The van der Waals surface area contributed by atoms with Crippen LogP contribution < -0.4 is 10.6 Å². The number of hydrogen-bond acceptors (Lipinski definition) is 2. The summed E-state index contributed by atoms with van der Waals surface area (Å²) in [5.41, 5.74) is 2.87. The zero-order chi connectivity index (χ0) is 13.4. The second-order valence-corrected chi connectivity index (χ2v) is 4.62. The highest BCUT2D eigenvalue weighted by Crippen LogP contribution is 2.33. The topological polar surface area (TPSA) is 41.1 Å². The maximum Gasteiger partial charge on any atom is 0.251 e. The highest BCUT2D eigenvalue weighted by molar-refractivity contribution is 6.04. The maximum atomic E-state index is 13.5. The Labute approximate surface area is 110 Å². The van der Waals surface area contributed by atoms with Crippen molar-refractivity contribution in [3.05, 3.63) is 59.4 Å². The molecule has 1 amide bonds. The van der Waals surface area contributed by atoms with Gasteiger partial charge < -0.3 is 10.6 Å². The number of halogens is 1. The quantitative estimate of drug-likeness (QED) is 0.866. The van der Waals surface area contributed by atoms with E-state index in [1.165, 1.54) is 6.07 Å². The first-order chi connectivity index (χ1) is 9.15. The molecule has 0 aliphatic carbocycles. The molecule has 3 rings (SSSR count). The number of amides is 1. The Balaban J connectivity index is 1.91. The van der Waals surface area contributed by atoms with Gasteiger partial charge in [-0.3, -0.25) is 4.79 Å². The van der Waals surface area contributed by atoms with Crippen LogP contribution in [0.5, 0.6) is 0 Å². The number of anilines is 2. The van der Waals surface area contributed by atoms with Crippen LogP contribution in [-0.4, -0.2) is 5.91 Å². The van der Waals surface area contributed by atoms with Crippen LogP contribution in [0.2, 0.25) is 0 Å². The smallest absolute Gasteiger partial charge is 0.251 e. The van der Waals surface area contributed by atoms with Crippen LogP contribution in [0.25, 0.3) is 0 Å². The Bertz CT molecular complexity index is 654. The molecule has 1 aliphatic rings. The third kappa shape index (κ3) is 2.05. The number of benzene rings is 2. The van der Waals surface area contributed by atoms with Crippen molar-refractivity contribution in [2.45, 2.75) is 13.0 Å². The first-order valence-corrected chi connectivity index (χ1v) is 6.07. The summed E-state index contributed by atoms with van der Waals surface area (Å²) in [6, 6.07) is 11.9. The molecule has 1 heterocycles. The van der Waals surface area contributed by atoms with E-state index in [-0.39, 0.29) is 11.7 Å². The predicted molar refractivity (Wildman–Crippen MR) is 72.6 cm³/mol. The van der Waals surface area contributed by atoms with E-state index in [4.69, 9.17) is 0 Å². The predicted octanol–water partition coefficient (Wildman–Crippen LogP) is 3.24. The summed E-state index contributed by atoms with van der Waals surface area (Å²) in [7, 11) is 0. The van der Waals surface area contributed by atoms with Crippen LogP contribution in [-0.2, 0) is 4.79 Å². The first kappa shape index (κ1) is 11.7. The van der Waals surface area contributed by atoms with Gasteiger partial charge in [0.1, 0.15) is 11.9 Å². The molecule has 0 saturated carbocycles. The minimum absolute atomic E-state index is 0.123. The lowest BCUT2D eigenvalue weighted by Crippen LogP contribution is -2.19. The number of carbonyl (C=O) groups excluding carboxylic acids is 1. The van der Waals surface area contributed by atoms with Crippen molar-refractivity contribution >= 4 is 17.3 Å². The molecule has 0 saturated heterocycles. The van der Waals surface area contributed by atoms with Gasteiger partial charge in [0.2, 0.25) is 0 Å². The van der Waals surface area contributed by atoms with Crippen molar-refractivity contribution in [3.8, 4) is 0 Å². The lowest BCUT2D eigenvalue weighted by Gasteiger charge is -2.13. The molecule has 0 fully saturated rings. The van der Waals surface area contributed by atoms with Crippen LogP contribution in [0.4, 0.5) is 15.8 Å². The first-order valence-electron chi connectivity index (χ1n) is 6.07. The van der Waals surface area contributed by atoms with Crippen LogP contribution in [0.3, 0.4) is 0 Å². The van der Waals surface area contributed by atoms with Gasteiger partial charge in [-0.25, -0.2) is 4.39 Å². The lowest BCUT2D eigenvalue weighted by molar-refractivity contribution is -0.116. The molecule has 2 aromatic carbocycles. The van der Waals surface area contributed by atoms with E-state index in [0.717, 1.165) is 11.3 Å². The molecule has 0 aromatic heterocycles. The fourth-order valence-electron chi connectivity index (χ4n) is 2.20. The van der Waals surface area contributed by atoms with Gasteiger partial charge in [0.05, 0.1) is 0 Å². The van der Waals surface area contributed by atoms with Crippen molar-refractivity contribution in [2.24, 2.45) is 0 Å². The summed E-state index contributed by atoms with van der Waals surface area (Å²) < 4.78 is 13.5. The van der Waals surface area contributed by atoms with E-state index < -0.39 is 6.04 Å². The van der Waals surface area contributed by atoms with Crippen molar-refractivity contribution in [1.29, 1.82) is 0 Å². The van der Waals surface area contributed by atoms with Crippen LogP contribution in [0.1, 0.15) is 17.2 Å². The van der Waals surface area contributed by atoms with Gasteiger partial charge in [0.15, 0.2) is 0 Å². The monoisotopic (exact) mass is 256 g/mol. The lowest BCUT2D eigenvalue weighted by atomic mass is 10.1. The van der Waals surface area contributed by atoms with E-state index in [1.807, 2.05) is 24.3 Å². The number of fused-ring (bicyclic) bond motifs is 1. The molecule has 0 spiro atoms. The minimum Gasteiger partial charge on any atom is -0.370 e. The Morgan fingerprint density at radius 1 is 1.21 bits per heavy atom. The summed E-state index contributed by atoms with van der Waals surface area (Å²) in [5, 5.41) is 5.86. The number of para-hydroxylation sites is 1. The Morgan fingerprint density at radius 2 is 2.00 bits per heavy atom. The molecule has 2 aromatic rings. The van der Waals surface area contributed by atoms with Crippen molar-refractivity contribution < 1.29 is 9.18 Å². The summed E-state index contributed by atoms with van der Waals surface area (Å²) in [5.74, 6) is -0.404. The second-order valence-electron chi connectivity index (χ2n) is 4.62. The normalized spacial score (nSPS) is 16.9. The van der Waals surface area contributed by atoms with Crippen molar-refractivity contribution in [3.63, 3.8) is 0 Å². The van der Waals surface area contributed by atoms with Gasteiger partial charge in [-0.1, -0.05) is 24.3 Å². The summed E-state index contributed by atoms with van der Waals surface area (Å²) in [6.07, 6.45) is 0. The average Bonchev–Trinajstić information content (AvgIpc) is 2.71. The number of aryl methyl sites for hydroxylation is 1. The van der Waals surface area contributed by atoms with Gasteiger partial charge in [-0.2, -0.15) is 0 Å². The van der Waals surface area contributed by atoms with Crippen LogP contribution in [0.15, 0.2) is 42.5 Å². The van der Waals surface area contributed by atoms with Crippen molar-refractivity contribution in [2.75, 3.05) is 10.6 Å². The zero-order valence-electron chi connectivity index (χ0n) is 10.4.